The molecule has 0 aliphatic rings. The Hall–Kier alpha value is -2.18. The lowest BCUT2D eigenvalue weighted by atomic mass is 10.1. The van der Waals surface area contributed by atoms with Gasteiger partial charge in [-0.2, -0.15) is 0 Å². The molecule has 1 atom stereocenters. The number of hydrogen-bond acceptors (Lipinski definition) is 5. The van der Waals surface area contributed by atoms with E-state index in [0.29, 0.717) is 13.2 Å². The number of aryl methyl sites for hydroxylation is 1. The second kappa shape index (κ2) is 11.4. The Labute approximate surface area is 149 Å². The minimum atomic E-state index is -0.431. The van der Waals surface area contributed by atoms with Crippen LogP contribution in [0.15, 0.2) is 30.3 Å². The highest BCUT2D eigenvalue weighted by molar-refractivity contribution is 5.92. The van der Waals surface area contributed by atoms with E-state index >= 15 is 0 Å². The zero-order chi connectivity index (χ0) is 18.7. The van der Waals surface area contributed by atoms with Gasteiger partial charge >= 0.3 is 5.97 Å². The first-order valence-electron chi connectivity index (χ1n) is 8.28. The van der Waals surface area contributed by atoms with Gasteiger partial charge in [-0.05, 0) is 18.6 Å². The Morgan fingerprint density at radius 1 is 1.24 bits per heavy atom. The van der Waals surface area contributed by atoms with E-state index in [4.69, 9.17) is 14.6 Å². The summed E-state index contributed by atoms with van der Waals surface area (Å²) < 4.78 is 9.94. The molecule has 1 N–H and O–H groups in total. The largest absolute Gasteiger partial charge is 0.469 e. The van der Waals surface area contributed by atoms with E-state index in [1.54, 1.807) is 17.9 Å². The minimum Gasteiger partial charge on any atom is -0.469 e. The molecule has 0 fully saturated rings. The Bertz CT molecular complexity index is 568. The summed E-state index contributed by atoms with van der Waals surface area (Å²) in [5.41, 5.74) is 2.08. The molecule has 0 spiro atoms. The highest BCUT2D eigenvalue weighted by Gasteiger charge is 2.20. The Kier molecular flexibility index (Phi) is 9.50. The van der Waals surface area contributed by atoms with Crippen LogP contribution in [0.5, 0.6) is 0 Å². The van der Waals surface area contributed by atoms with E-state index in [1.165, 1.54) is 13.2 Å². The van der Waals surface area contributed by atoms with Crippen molar-refractivity contribution in [2.45, 2.75) is 13.8 Å². The third kappa shape index (κ3) is 7.96. The number of amides is 1. The van der Waals surface area contributed by atoms with Crippen molar-refractivity contribution in [3.8, 4) is 0 Å². The summed E-state index contributed by atoms with van der Waals surface area (Å²) in [6, 6.07) is 7.82. The first kappa shape index (κ1) is 20.9. The third-order valence-corrected chi connectivity index (χ3v) is 3.65. The lowest BCUT2D eigenvalue weighted by molar-refractivity contribution is -0.146. The van der Waals surface area contributed by atoms with Gasteiger partial charge in [0.1, 0.15) is 0 Å². The molecule has 1 unspecified atom stereocenters. The standard InChI is InChI=1S/C19H27NO5/c1-15-4-6-17(7-5-15)8-9-18(22)20(10-12-25-13-11-21)14-16(2)19(23)24-3/h4-9,16,21H,10-14H2,1-3H3/b9-8+. The topological polar surface area (TPSA) is 76.1 Å². The molecule has 1 aromatic rings. The number of ether oxygens (including phenoxy) is 2. The van der Waals surface area contributed by atoms with Gasteiger partial charge in [-0.25, -0.2) is 0 Å². The van der Waals surface area contributed by atoms with Crippen LogP contribution >= 0.6 is 0 Å². The first-order chi connectivity index (χ1) is 12.0. The second-order valence-corrected chi connectivity index (χ2v) is 5.79. The molecule has 0 aromatic heterocycles. The summed E-state index contributed by atoms with van der Waals surface area (Å²) in [7, 11) is 1.33. The molecule has 1 amide bonds. The number of methoxy groups -OCH3 is 1. The predicted molar refractivity (Wildman–Crippen MR) is 95.9 cm³/mol. The van der Waals surface area contributed by atoms with Gasteiger partial charge < -0.3 is 19.5 Å². The molecular weight excluding hydrogens is 322 g/mol. The molecule has 0 saturated heterocycles. The van der Waals surface area contributed by atoms with Gasteiger partial charge in [0.2, 0.25) is 5.91 Å². The zero-order valence-corrected chi connectivity index (χ0v) is 15.1. The monoisotopic (exact) mass is 349 g/mol. The van der Waals surface area contributed by atoms with Crippen LogP contribution in [-0.4, -0.2) is 61.9 Å². The van der Waals surface area contributed by atoms with Crippen LogP contribution in [0.4, 0.5) is 0 Å². The van der Waals surface area contributed by atoms with Gasteiger partial charge in [-0.15, -0.1) is 0 Å². The molecule has 0 radical (unpaired) electrons. The fourth-order valence-electron chi connectivity index (χ4n) is 2.19. The van der Waals surface area contributed by atoms with Gasteiger partial charge in [-0.1, -0.05) is 36.8 Å². The first-order valence-corrected chi connectivity index (χ1v) is 8.28. The molecule has 138 valence electrons. The maximum absolute atomic E-state index is 12.5. The fourth-order valence-corrected chi connectivity index (χ4v) is 2.19. The van der Waals surface area contributed by atoms with E-state index in [1.807, 2.05) is 31.2 Å². The summed E-state index contributed by atoms with van der Waals surface area (Å²) in [5.74, 6) is -1.000. The quantitative estimate of drug-likeness (QED) is 0.395. The van der Waals surface area contributed by atoms with Crippen LogP contribution in [-0.2, 0) is 19.1 Å². The van der Waals surface area contributed by atoms with Gasteiger partial charge in [0, 0.05) is 19.2 Å². The number of carbonyl (C=O) groups excluding carboxylic acids is 2. The van der Waals surface area contributed by atoms with Crippen LogP contribution in [0, 0.1) is 12.8 Å². The fraction of sp³-hybridized carbons (Fsp3) is 0.474. The highest BCUT2D eigenvalue weighted by Crippen LogP contribution is 2.07. The van der Waals surface area contributed by atoms with Gasteiger partial charge in [0.25, 0.3) is 0 Å². The van der Waals surface area contributed by atoms with Crippen molar-refractivity contribution in [2.24, 2.45) is 5.92 Å². The molecule has 0 aliphatic heterocycles. The lowest BCUT2D eigenvalue weighted by Gasteiger charge is -2.23. The van der Waals surface area contributed by atoms with Crippen molar-refractivity contribution in [1.29, 1.82) is 0 Å². The van der Waals surface area contributed by atoms with Crippen molar-refractivity contribution in [3.63, 3.8) is 0 Å². The molecule has 1 rings (SSSR count). The van der Waals surface area contributed by atoms with E-state index in [0.717, 1.165) is 11.1 Å². The smallest absolute Gasteiger partial charge is 0.310 e. The Morgan fingerprint density at radius 3 is 2.52 bits per heavy atom. The van der Waals surface area contributed by atoms with Gasteiger partial charge in [-0.3, -0.25) is 9.59 Å². The highest BCUT2D eigenvalue weighted by atomic mass is 16.5. The normalized spacial score (nSPS) is 12.2. The summed E-state index contributed by atoms with van der Waals surface area (Å²) in [6.45, 7) is 4.72. The summed E-state index contributed by atoms with van der Waals surface area (Å²) in [4.78, 5) is 25.6. The maximum Gasteiger partial charge on any atom is 0.310 e. The van der Waals surface area contributed by atoms with Crippen LogP contribution < -0.4 is 0 Å². The number of benzene rings is 1. The maximum atomic E-state index is 12.5. The number of rotatable bonds is 10. The number of hydrogen-bond donors (Lipinski definition) is 1. The lowest BCUT2D eigenvalue weighted by Crippen LogP contribution is -2.38. The van der Waals surface area contributed by atoms with E-state index < -0.39 is 5.92 Å². The van der Waals surface area contributed by atoms with E-state index in [9.17, 15) is 9.59 Å². The van der Waals surface area contributed by atoms with Crippen molar-refractivity contribution in [1.82, 2.24) is 4.90 Å². The van der Waals surface area contributed by atoms with Gasteiger partial charge in [0.15, 0.2) is 0 Å². The average molecular weight is 349 g/mol. The summed E-state index contributed by atoms with van der Waals surface area (Å²) >= 11 is 0. The summed E-state index contributed by atoms with van der Waals surface area (Å²) in [6.07, 6.45) is 3.23. The van der Waals surface area contributed by atoms with E-state index in [2.05, 4.69) is 0 Å². The number of esters is 1. The molecule has 6 heteroatoms. The Balaban J connectivity index is 2.72. The molecule has 6 nitrogen and oxygen atoms in total. The average Bonchev–Trinajstić information content (AvgIpc) is 2.62. The molecule has 0 aliphatic carbocycles. The van der Waals surface area contributed by atoms with Crippen molar-refractivity contribution < 1.29 is 24.2 Å². The SMILES string of the molecule is COC(=O)C(C)CN(CCOCCO)C(=O)/C=C/c1ccc(C)cc1. The van der Waals surface area contributed by atoms with Crippen molar-refractivity contribution in [2.75, 3.05) is 40.0 Å². The zero-order valence-electron chi connectivity index (χ0n) is 15.1. The van der Waals surface area contributed by atoms with Crippen molar-refractivity contribution >= 4 is 18.0 Å². The molecule has 0 saturated carbocycles. The van der Waals surface area contributed by atoms with Gasteiger partial charge in [0.05, 0.1) is 32.8 Å². The predicted octanol–water partition coefficient (Wildman–Crippen LogP) is 1.65. The van der Waals surface area contributed by atoms with Crippen LogP contribution in [0.1, 0.15) is 18.1 Å². The number of aliphatic hydroxyl groups excluding tert-OH is 1. The molecule has 0 heterocycles. The molecule has 25 heavy (non-hydrogen) atoms. The summed E-state index contributed by atoms with van der Waals surface area (Å²) in [5, 5.41) is 8.74. The molecule has 0 bridgehead atoms. The Morgan fingerprint density at radius 2 is 1.92 bits per heavy atom. The molecular formula is C19H27NO5. The van der Waals surface area contributed by atoms with Crippen LogP contribution in [0.2, 0.25) is 0 Å². The number of carbonyl (C=O) groups is 2. The third-order valence-electron chi connectivity index (χ3n) is 3.65. The van der Waals surface area contributed by atoms with Crippen LogP contribution in [0.3, 0.4) is 0 Å². The van der Waals surface area contributed by atoms with E-state index in [-0.39, 0.29) is 31.6 Å². The number of aliphatic hydroxyl groups is 1. The van der Waals surface area contributed by atoms with Crippen molar-refractivity contribution in [3.05, 3.63) is 41.5 Å². The van der Waals surface area contributed by atoms with Crippen LogP contribution in [0.25, 0.3) is 6.08 Å². The minimum absolute atomic E-state index is 0.0696. The second-order valence-electron chi connectivity index (χ2n) is 5.79. The number of nitrogens with zero attached hydrogens (tertiary/aromatic N) is 1. The molecule has 1 aromatic carbocycles.